The molecule has 0 fully saturated rings. The van der Waals surface area contributed by atoms with E-state index in [-0.39, 0.29) is 12.3 Å². The fourth-order valence-corrected chi connectivity index (χ4v) is 1.55. The maximum absolute atomic E-state index is 13.0. The number of nitrogens with one attached hydrogen (secondary N) is 1. The van der Waals surface area contributed by atoms with Crippen LogP contribution < -0.4 is 5.32 Å². The van der Waals surface area contributed by atoms with Crippen molar-refractivity contribution < 1.29 is 21.6 Å². The van der Waals surface area contributed by atoms with Crippen LogP contribution in [0.1, 0.15) is 0 Å². The van der Waals surface area contributed by atoms with Crippen LogP contribution in [0.25, 0.3) is 0 Å². The lowest BCUT2D eigenvalue weighted by atomic mass is 10.3. The molecule has 0 saturated heterocycles. The minimum absolute atomic E-state index is 0.141. The molecule has 0 aliphatic heterocycles. The monoisotopic (exact) mass is 253 g/mol. The molecule has 0 aliphatic carbocycles. The summed E-state index contributed by atoms with van der Waals surface area (Å²) in [4.78, 5) is 0. The predicted molar refractivity (Wildman–Crippen MR) is 54.5 cm³/mol. The number of halogens is 3. The Bertz CT molecular complexity index is 465. The molecular weight excluding hydrogens is 243 g/mol. The quantitative estimate of drug-likeness (QED) is 0.885. The van der Waals surface area contributed by atoms with Crippen LogP contribution in [0.15, 0.2) is 12.1 Å². The van der Waals surface area contributed by atoms with E-state index in [1.54, 1.807) is 0 Å². The van der Waals surface area contributed by atoms with Crippen molar-refractivity contribution >= 4 is 15.5 Å². The molecule has 1 aromatic rings. The van der Waals surface area contributed by atoms with E-state index in [9.17, 15) is 21.6 Å². The highest BCUT2D eigenvalue weighted by atomic mass is 32.2. The molecule has 0 saturated carbocycles. The zero-order chi connectivity index (χ0) is 12.3. The first-order valence-electron chi connectivity index (χ1n) is 4.36. The standard InChI is InChI=1S/C9H10F3NO2S/c1-16(14,15)3-2-13-9-7(11)4-6(10)5-8(9)12/h4-5,13H,2-3H2,1H3. The fraction of sp³-hybridized carbons (Fsp3) is 0.333. The average Bonchev–Trinajstić information content (AvgIpc) is 2.07. The fourth-order valence-electron chi connectivity index (χ4n) is 1.07. The summed E-state index contributed by atoms with van der Waals surface area (Å²) in [7, 11) is -3.21. The van der Waals surface area contributed by atoms with E-state index in [4.69, 9.17) is 0 Å². The van der Waals surface area contributed by atoms with Gasteiger partial charge in [0, 0.05) is 24.9 Å². The molecule has 1 aromatic carbocycles. The molecule has 1 N–H and O–H groups in total. The van der Waals surface area contributed by atoms with Gasteiger partial charge in [-0.2, -0.15) is 0 Å². The molecular formula is C9H10F3NO2S. The molecule has 0 radical (unpaired) electrons. The minimum Gasteiger partial charge on any atom is -0.379 e. The van der Waals surface area contributed by atoms with Crippen molar-refractivity contribution in [3.63, 3.8) is 0 Å². The molecule has 0 heterocycles. The van der Waals surface area contributed by atoms with Crippen molar-refractivity contribution in [1.29, 1.82) is 0 Å². The summed E-state index contributed by atoms with van der Waals surface area (Å²) >= 11 is 0. The molecule has 0 unspecified atom stereocenters. The van der Waals surface area contributed by atoms with E-state index in [1.807, 2.05) is 0 Å². The highest BCUT2D eigenvalue weighted by Gasteiger charge is 2.11. The molecule has 7 heteroatoms. The maximum atomic E-state index is 13.0. The first-order chi connectivity index (χ1) is 7.29. The number of anilines is 1. The van der Waals surface area contributed by atoms with E-state index in [1.165, 1.54) is 0 Å². The Morgan fingerprint density at radius 1 is 1.19 bits per heavy atom. The van der Waals surface area contributed by atoms with Crippen LogP contribution in [-0.4, -0.2) is 27.0 Å². The Morgan fingerprint density at radius 3 is 2.12 bits per heavy atom. The largest absolute Gasteiger partial charge is 0.379 e. The lowest BCUT2D eigenvalue weighted by molar-refractivity contribution is 0.547. The van der Waals surface area contributed by atoms with Crippen LogP contribution in [0.5, 0.6) is 0 Å². The first kappa shape index (κ1) is 12.8. The van der Waals surface area contributed by atoms with Crippen molar-refractivity contribution in [3.05, 3.63) is 29.6 Å². The summed E-state index contributed by atoms with van der Waals surface area (Å²) in [5.41, 5.74) is -0.523. The zero-order valence-corrected chi connectivity index (χ0v) is 9.24. The Labute approximate surface area is 91.2 Å². The third-order valence-electron chi connectivity index (χ3n) is 1.78. The van der Waals surface area contributed by atoms with Gasteiger partial charge in [-0.3, -0.25) is 0 Å². The summed E-state index contributed by atoms with van der Waals surface area (Å²) in [6.45, 7) is -0.141. The summed E-state index contributed by atoms with van der Waals surface area (Å²) < 4.78 is 60.1. The van der Waals surface area contributed by atoms with Crippen LogP contribution in [0, 0.1) is 17.5 Å². The van der Waals surface area contributed by atoms with Gasteiger partial charge in [0.2, 0.25) is 0 Å². The van der Waals surface area contributed by atoms with E-state index in [0.717, 1.165) is 6.26 Å². The molecule has 0 aliphatic rings. The van der Waals surface area contributed by atoms with Crippen LogP contribution in [0.3, 0.4) is 0 Å². The third kappa shape index (κ3) is 3.73. The summed E-state index contributed by atoms with van der Waals surface area (Å²) in [6, 6.07) is 1.04. The molecule has 3 nitrogen and oxygen atoms in total. The lowest BCUT2D eigenvalue weighted by Crippen LogP contribution is -2.15. The SMILES string of the molecule is CS(=O)(=O)CCNc1c(F)cc(F)cc1F. The van der Waals surface area contributed by atoms with Gasteiger partial charge in [-0.15, -0.1) is 0 Å². The second-order valence-electron chi connectivity index (χ2n) is 3.30. The highest BCUT2D eigenvalue weighted by Crippen LogP contribution is 2.19. The van der Waals surface area contributed by atoms with Crippen molar-refractivity contribution in [2.24, 2.45) is 0 Å². The zero-order valence-electron chi connectivity index (χ0n) is 8.43. The molecule has 0 aromatic heterocycles. The Balaban J connectivity index is 2.75. The number of hydrogen-bond acceptors (Lipinski definition) is 3. The van der Waals surface area contributed by atoms with Gasteiger partial charge in [0.05, 0.1) is 5.75 Å². The molecule has 90 valence electrons. The summed E-state index contributed by atoms with van der Waals surface area (Å²) in [5, 5.41) is 2.27. The smallest absolute Gasteiger partial charge is 0.152 e. The number of sulfone groups is 1. The molecule has 0 bridgehead atoms. The van der Waals surface area contributed by atoms with Gasteiger partial charge in [-0.1, -0.05) is 0 Å². The van der Waals surface area contributed by atoms with Gasteiger partial charge in [-0.25, -0.2) is 21.6 Å². The van der Waals surface area contributed by atoms with Crippen molar-refractivity contribution in [2.45, 2.75) is 0 Å². The van der Waals surface area contributed by atoms with E-state index >= 15 is 0 Å². The molecule has 16 heavy (non-hydrogen) atoms. The first-order valence-corrected chi connectivity index (χ1v) is 6.42. The van der Waals surface area contributed by atoms with Gasteiger partial charge in [0.15, 0.2) is 11.6 Å². The Kier molecular flexibility index (Phi) is 3.79. The number of hydrogen-bond donors (Lipinski definition) is 1. The highest BCUT2D eigenvalue weighted by molar-refractivity contribution is 7.90. The Hall–Kier alpha value is -1.24. The van der Waals surface area contributed by atoms with Crippen molar-refractivity contribution in [2.75, 3.05) is 23.9 Å². The summed E-state index contributed by atoms with van der Waals surface area (Å²) in [6.07, 6.45) is 1.01. The molecule has 0 spiro atoms. The van der Waals surface area contributed by atoms with Crippen molar-refractivity contribution in [3.8, 4) is 0 Å². The van der Waals surface area contributed by atoms with Crippen molar-refractivity contribution in [1.82, 2.24) is 0 Å². The lowest BCUT2D eigenvalue weighted by Gasteiger charge is -2.07. The van der Waals surface area contributed by atoms with E-state index in [2.05, 4.69) is 5.32 Å². The third-order valence-corrected chi connectivity index (χ3v) is 2.73. The molecule has 1 rings (SSSR count). The topological polar surface area (TPSA) is 46.2 Å². The van der Waals surface area contributed by atoms with Gasteiger partial charge in [0.25, 0.3) is 0 Å². The summed E-state index contributed by atoms with van der Waals surface area (Å²) in [5.74, 6) is -3.47. The Morgan fingerprint density at radius 2 is 1.69 bits per heavy atom. The maximum Gasteiger partial charge on any atom is 0.152 e. The van der Waals surface area contributed by atoms with Crippen LogP contribution in [0.4, 0.5) is 18.9 Å². The average molecular weight is 253 g/mol. The number of rotatable bonds is 4. The van der Waals surface area contributed by atoms with Crippen LogP contribution in [0.2, 0.25) is 0 Å². The number of benzene rings is 1. The van der Waals surface area contributed by atoms with Crippen LogP contribution >= 0.6 is 0 Å². The second kappa shape index (κ2) is 4.73. The van der Waals surface area contributed by atoms with Gasteiger partial charge in [0.1, 0.15) is 21.3 Å². The van der Waals surface area contributed by atoms with E-state index < -0.39 is 33.0 Å². The van der Waals surface area contributed by atoms with Gasteiger partial charge < -0.3 is 5.32 Å². The second-order valence-corrected chi connectivity index (χ2v) is 5.56. The minimum atomic E-state index is -3.21. The van der Waals surface area contributed by atoms with E-state index in [0.29, 0.717) is 12.1 Å². The predicted octanol–water partition coefficient (Wildman–Crippen LogP) is 1.56. The van der Waals surface area contributed by atoms with Gasteiger partial charge >= 0.3 is 0 Å². The van der Waals surface area contributed by atoms with Gasteiger partial charge in [-0.05, 0) is 0 Å². The molecule has 0 amide bonds. The van der Waals surface area contributed by atoms with Crippen LogP contribution in [-0.2, 0) is 9.84 Å². The molecule has 0 atom stereocenters. The normalized spacial score (nSPS) is 11.5.